The molecule has 1 atom stereocenters. The molecule has 0 unspecified atom stereocenters. The Labute approximate surface area is 137 Å². The van der Waals surface area contributed by atoms with E-state index in [0.29, 0.717) is 26.1 Å². The van der Waals surface area contributed by atoms with E-state index in [1.807, 2.05) is 37.3 Å². The quantitative estimate of drug-likeness (QED) is 0.841. The van der Waals surface area contributed by atoms with Gasteiger partial charge < -0.3 is 15.0 Å². The number of urea groups is 1. The molecule has 1 aromatic carbocycles. The van der Waals surface area contributed by atoms with Crippen molar-refractivity contribution in [2.45, 2.75) is 19.4 Å². The molecule has 2 amide bonds. The average molecular weight is 340 g/mol. The van der Waals surface area contributed by atoms with Crippen LogP contribution in [0.15, 0.2) is 30.3 Å². The van der Waals surface area contributed by atoms with E-state index in [0.717, 1.165) is 5.56 Å². The average Bonchev–Trinajstić information content (AvgIpc) is 2.54. The molecule has 0 aromatic heterocycles. The van der Waals surface area contributed by atoms with Gasteiger partial charge in [0.2, 0.25) is 0 Å². The minimum Gasteiger partial charge on any atom is -0.375 e. The van der Waals surface area contributed by atoms with Crippen LogP contribution in [0.3, 0.4) is 0 Å². The third kappa shape index (κ3) is 6.19. The summed E-state index contributed by atoms with van der Waals surface area (Å²) in [5, 5.41) is 2.68. The van der Waals surface area contributed by atoms with Gasteiger partial charge in [0.1, 0.15) is 0 Å². The van der Waals surface area contributed by atoms with Crippen LogP contribution in [-0.4, -0.2) is 63.2 Å². The summed E-state index contributed by atoms with van der Waals surface area (Å²) in [5.41, 5.74) is 1.00. The maximum absolute atomic E-state index is 12.0. The number of morpholine rings is 1. The maximum atomic E-state index is 12.0. The molecule has 1 saturated heterocycles. The van der Waals surface area contributed by atoms with E-state index >= 15 is 0 Å². The fourth-order valence-electron chi connectivity index (χ4n) is 2.45. The van der Waals surface area contributed by atoms with Crippen LogP contribution in [0.25, 0.3) is 0 Å². The number of benzene rings is 1. The van der Waals surface area contributed by atoms with Gasteiger partial charge in [-0.25, -0.2) is 13.2 Å². The van der Waals surface area contributed by atoms with Crippen LogP contribution in [0.2, 0.25) is 0 Å². The van der Waals surface area contributed by atoms with Gasteiger partial charge in [-0.05, 0) is 18.9 Å². The van der Waals surface area contributed by atoms with Gasteiger partial charge in [0, 0.05) is 19.6 Å². The lowest BCUT2D eigenvalue weighted by Crippen LogP contribution is -2.49. The summed E-state index contributed by atoms with van der Waals surface area (Å²) in [6, 6.07) is 9.29. The van der Waals surface area contributed by atoms with Crippen molar-refractivity contribution in [1.29, 1.82) is 0 Å². The van der Waals surface area contributed by atoms with Gasteiger partial charge in [-0.15, -0.1) is 0 Å². The zero-order valence-corrected chi connectivity index (χ0v) is 14.2. The predicted molar refractivity (Wildman–Crippen MR) is 89.2 cm³/mol. The molecule has 1 heterocycles. The second kappa shape index (κ2) is 8.31. The molecule has 1 aromatic rings. The lowest BCUT2D eigenvalue weighted by atomic mass is 10.2. The largest absolute Gasteiger partial charge is 0.375 e. The molecule has 7 heteroatoms. The molecule has 1 aliphatic rings. The van der Waals surface area contributed by atoms with Crippen molar-refractivity contribution in [3.05, 3.63) is 35.9 Å². The van der Waals surface area contributed by atoms with E-state index in [1.165, 1.54) is 0 Å². The highest BCUT2D eigenvalue weighted by molar-refractivity contribution is 7.91. The Hall–Kier alpha value is -1.60. The number of ether oxygens (including phenoxy) is 1. The SMILES string of the molecule is C[C@H]1CN(C(=O)NCCS(=O)(=O)CCc2ccccc2)CCO1. The van der Waals surface area contributed by atoms with Crippen molar-refractivity contribution in [2.24, 2.45) is 0 Å². The fourth-order valence-corrected chi connectivity index (χ4v) is 3.61. The summed E-state index contributed by atoms with van der Waals surface area (Å²) < 4.78 is 29.4. The predicted octanol–water partition coefficient (Wildman–Crippen LogP) is 1.07. The molecule has 0 spiro atoms. The first-order valence-electron chi connectivity index (χ1n) is 7.85. The van der Waals surface area contributed by atoms with Crippen molar-refractivity contribution in [2.75, 3.05) is 37.7 Å². The Morgan fingerprint density at radius 2 is 2.04 bits per heavy atom. The molecule has 6 nitrogen and oxygen atoms in total. The second-order valence-corrected chi connectivity index (χ2v) is 8.05. The van der Waals surface area contributed by atoms with Crippen LogP contribution in [0.1, 0.15) is 12.5 Å². The number of amides is 2. The van der Waals surface area contributed by atoms with Gasteiger partial charge in [-0.2, -0.15) is 0 Å². The number of rotatable bonds is 6. The Balaban J connectivity index is 1.70. The van der Waals surface area contributed by atoms with Gasteiger partial charge >= 0.3 is 6.03 Å². The molecule has 1 aliphatic heterocycles. The molecule has 0 bridgehead atoms. The molecular formula is C16H24N2O4S. The van der Waals surface area contributed by atoms with Crippen molar-refractivity contribution in [1.82, 2.24) is 10.2 Å². The third-order valence-electron chi connectivity index (χ3n) is 3.76. The van der Waals surface area contributed by atoms with E-state index < -0.39 is 9.84 Å². The monoisotopic (exact) mass is 340 g/mol. The van der Waals surface area contributed by atoms with Gasteiger partial charge in [0.15, 0.2) is 9.84 Å². The summed E-state index contributed by atoms with van der Waals surface area (Å²) in [4.78, 5) is 13.6. The second-order valence-electron chi connectivity index (χ2n) is 5.75. The number of sulfone groups is 1. The summed E-state index contributed by atoms with van der Waals surface area (Å²) >= 11 is 0. The zero-order valence-electron chi connectivity index (χ0n) is 13.4. The summed E-state index contributed by atoms with van der Waals surface area (Å²) in [7, 11) is -3.17. The summed E-state index contributed by atoms with van der Waals surface area (Å²) in [6.07, 6.45) is 0.516. The Morgan fingerprint density at radius 3 is 2.74 bits per heavy atom. The number of hydrogen-bond donors (Lipinski definition) is 1. The van der Waals surface area contributed by atoms with Crippen molar-refractivity contribution in [3.8, 4) is 0 Å². The third-order valence-corrected chi connectivity index (χ3v) is 5.41. The van der Waals surface area contributed by atoms with Crippen LogP contribution < -0.4 is 5.32 Å². The van der Waals surface area contributed by atoms with Crippen LogP contribution in [0.5, 0.6) is 0 Å². The molecule has 0 saturated carbocycles. The minimum atomic E-state index is -3.17. The zero-order chi connectivity index (χ0) is 16.7. The normalized spacial score (nSPS) is 18.7. The molecule has 0 radical (unpaired) electrons. The highest BCUT2D eigenvalue weighted by Gasteiger charge is 2.21. The Morgan fingerprint density at radius 1 is 1.30 bits per heavy atom. The standard InChI is InChI=1S/C16H24N2O4S/c1-14-13-18(9-10-22-14)16(19)17-8-12-23(20,21)11-7-15-5-3-2-4-6-15/h2-6,14H,7-13H2,1H3,(H,17,19)/t14-/m0/s1. The molecule has 128 valence electrons. The highest BCUT2D eigenvalue weighted by Crippen LogP contribution is 2.05. The van der Waals surface area contributed by atoms with Crippen LogP contribution >= 0.6 is 0 Å². The van der Waals surface area contributed by atoms with Crippen LogP contribution in [-0.2, 0) is 21.0 Å². The topological polar surface area (TPSA) is 75.7 Å². The van der Waals surface area contributed by atoms with E-state index in [4.69, 9.17) is 4.74 Å². The minimum absolute atomic E-state index is 0.0177. The van der Waals surface area contributed by atoms with Gasteiger partial charge in [0.25, 0.3) is 0 Å². The first kappa shape index (κ1) is 17.7. The molecule has 0 aliphatic carbocycles. The summed E-state index contributed by atoms with van der Waals surface area (Å²) in [6.45, 7) is 3.64. The number of carbonyl (C=O) groups excluding carboxylic acids is 1. The van der Waals surface area contributed by atoms with Gasteiger partial charge in [-0.1, -0.05) is 30.3 Å². The van der Waals surface area contributed by atoms with E-state index in [2.05, 4.69) is 5.32 Å². The van der Waals surface area contributed by atoms with Crippen molar-refractivity contribution < 1.29 is 17.9 Å². The fraction of sp³-hybridized carbons (Fsp3) is 0.562. The van der Waals surface area contributed by atoms with Gasteiger partial charge in [0.05, 0.1) is 24.2 Å². The van der Waals surface area contributed by atoms with E-state index in [1.54, 1.807) is 4.90 Å². The highest BCUT2D eigenvalue weighted by atomic mass is 32.2. The van der Waals surface area contributed by atoms with Crippen LogP contribution in [0, 0.1) is 0 Å². The molecule has 1 fully saturated rings. The number of carbonyl (C=O) groups is 1. The lowest BCUT2D eigenvalue weighted by molar-refractivity contribution is -0.00338. The van der Waals surface area contributed by atoms with Crippen molar-refractivity contribution >= 4 is 15.9 Å². The number of nitrogens with one attached hydrogen (secondary N) is 1. The van der Waals surface area contributed by atoms with Crippen LogP contribution in [0.4, 0.5) is 4.79 Å². The molecule has 1 N–H and O–H groups in total. The maximum Gasteiger partial charge on any atom is 0.317 e. The Bertz CT molecular complexity index is 604. The number of nitrogens with zero attached hydrogens (tertiary/aromatic N) is 1. The first-order valence-corrected chi connectivity index (χ1v) is 9.67. The molecule has 2 rings (SSSR count). The smallest absolute Gasteiger partial charge is 0.317 e. The molecule has 23 heavy (non-hydrogen) atoms. The van der Waals surface area contributed by atoms with Gasteiger partial charge in [-0.3, -0.25) is 0 Å². The number of aryl methyl sites for hydroxylation is 1. The first-order chi connectivity index (χ1) is 11.0. The van der Waals surface area contributed by atoms with E-state index in [9.17, 15) is 13.2 Å². The summed E-state index contributed by atoms with van der Waals surface area (Å²) in [5.74, 6) is 0.0624. The lowest BCUT2D eigenvalue weighted by Gasteiger charge is -2.31. The van der Waals surface area contributed by atoms with Crippen molar-refractivity contribution in [3.63, 3.8) is 0 Å². The number of hydrogen-bond acceptors (Lipinski definition) is 4. The molecular weight excluding hydrogens is 316 g/mol. The Kier molecular flexibility index (Phi) is 6.41. The van der Waals surface area contributed by atoms with E-state index in [-0.39, 0.29) is 30.2 Å².